The maximum absolute atomic E-state index is 13.5. The van der Waals surface area contributed by atoms with Gasteiger partial charge in [0.1, 0.15) is 6.61 Å². The molecule has 6 aromatic carbocycles. The molecular formula is C74H97ClN6O13. The van der Waals surface area contributed by atoms with Crippen LogP contribution in [0.4, 0.5) is 0 Å². The Hall–Kier alpha value is -7.69. The predicted octanol–water partition coefficient (Wildman–Crippen LogP) is 10.0. The second-order valence-corrected chi connectivity index (χ2v) is 22.1. The highest BCUT2D eigenvalue weighted by Gasteiger charge is 2.39. The summed E-state index contributed by atoms with van der Waals surface area (Å²) in [5.74, 6) is -0.477. The van der Waals surface area contributed by atoms with Crippen LogP contribution in [0, 0.1) is 0 Å². The molecule has 7 rings (SSSR count). The van der Waals surface area contributed by atoms with Crippen molar-refractivity contribution >= 4 is 35.3 Å². The number of halogens is 1. The van der Waals surface area contributed by atoms with E-state index in [0.717, 1.165) is 71.4 Å². The summed E-state index contributed by atoms with van der Waals surface area (Å²) in [4.78, 5) is 49.4. The zero-order valence-corrected chi connectivity index (χ0v) is 54.2. The highest BCUT2D eigenvalue weighted by atomic mass is 35.5. The molecule has 0 aliphatic carbocycles. The van der Waals surface area contributed by atoms with Gasteiger partial charge in [0.05, 0.1) is 122 Å². The lowest BCUT2D eigenvalue weighted by Gasteiger charge is -2.35. The zero-order chi connectivity index (χ0) is 65.5. The summed E-state index contributed by atoms with van der Waals surface area (Å²) >= 11 is 5.67. The summed E-state index contributed by atoms with van der Waals surface area (Å²) in [6.45, 7) is 8.00. The van der Waals surface area contributed by atoms with Crippen LogP contribution in [0.2, 0.25) is 0 Å². The van der Waals surface area contributed by atoms with Crippen LogP contribution in [0.25, 0.3) is 0 Å². The Morgan fingerprint density at radius 3 is 1.15 bits per heavy atom. The molecule has 0 aliphatic rings. The lowest BCUT2D eigenvalue weighted by Crippen LogP contribution is -2.38. The Morgan fingerprint density at radius 2 is 0.745 bits per heavy atom. The lowest BCUT2D eigenvalue weighted by atomic mass is 9.67. The molecule has 1 heterocycles. The minimum Gasteiger partial charge on any atom is -0.481 e. The van der Waals surface area contributed by atoms with Crippen molar-refractivity contribution in [2.75, 3.05) is 131 Å². The van der Waals surface area contributed by atoms with Crippen LogP contribution in [0.3, 0.4) is 0 Å². The van der Waals surface area contributed by atoms with E-state index in [4.69, 9.17) is 49.5 Å². The number of unbranched alkanes of at least 4 members (excludes halogenated alkanes) is 3. The standard InChI is InChI=1S/C52H75ClN6O11.C21H18O2.CH4/c53-22-12-1-2-13-27-63-32-33-66-30-25-56-51(62)44-70-41-40-69-38-35-64-28-23-54-49(60)21-20-48-43-59(58-57-48)26-31-67-36-39-68-37-34-65-29-24-55-50(61)42-52(45-14-6-3-7-15-45,46-16-8-4-9-17-46)47-18-10-5-11-19-47;22-20(23)16-21(17-10-4-1-5-11-17,18-12-6-2-7-13-18)19-14-8-3-9-15-19;/h3-11,14-19,43H,1-2,12-13,20-42,44H2,(H,54,60)(H,55,61)(H,56,62);1-15H,16H2,(H,22,23);1H4. The first-order chi connectivity index (χ1) is 45.7. The Labute approximate surface area is 560 Å². The van der Waals surface area contributed by atoms with Crippen molar-refractivity contribution in [3.63, 3.8) is 0 Å². The van der Waals surface area contributed by atoms with E-state index in [-0.39, 0.29) is 57.6 Å². The number of benzene rings is 6. The molecule has 0 unspecified atom stereocenters. The van der Waals surface area contributed by atoms with Gasteiger partial charge >= 0.3 is 5.97 Å². The molecule has 0 fully saturated rings. The van der Waals surface area contributed by atoms with Gasteiger partial charge in [-0.05, 0) is 46.2 Å². The topological polar surface area (TPSA) is 229 Å². The number of alkyl halides is 1. The first-order valence-electron chi connectivity index (χ1n) is 32.2. The number of carboxylic acids is 1. The van der Waals surface area contributed by atoms with Gasteiger partial charge in [-0.3, -0.25) is 19.2 Å². The van der Waals surface area contributed by atoms with Crippen LogP contribution in [0.5, 0.6) is 0 Å². The van der Waals surface area contributed by atoms with Crippen LogP contribution in [-0.4, -0.2) is 175 Å². The molecule has 0 atom stereocenters. The number of nitrogens with zero attached hydrogens (tertiary/aromatic N) is 3. The second kappa shape index (κ2) is 47.2. The van der Waals surface area contributed by atoms with Gasteiger partial charge in [0.15, 0.2) is 0 Å². The number of carboxylic acid groups (broad SMARTS) is 1. The molecular weight excluding hydrogens is 1220 g/mol. The number of carbonyl (C=O) groups is 4. The summed E-state index contributed by atoms with van der Waals surface area (Å²) in [5, 5.41) is 26.6. The minimum atomic E-state index is -0.818. The van der Waals surface area contributed by atoms with Gasteiger partial charge in [-0.25, -0.2) is 4.68 Å². The fourth-order valence-corrected chi connectivity index (χ4v) is 10.7. The van der Waals surface area contributed by atoms with E-state index < -0.39 is 16.8 Å². The third-order valence-corrected chi connectivity index (χ3v) is 15.3. The van der Waals surface area contributed by atoms with Gasteiger partial charge in [0, 0.05) is 57.6 Å². The van der Waals surface area contributed by atoms with Crippen molar-refractivity contribution in [3.8, 4) is 0 Å². The molecule has 0 saturated heterocycles. The van der Waals surface area contributed by atoms with Crippen LogP contribution >= 0.6 is 11.6 Å². The van der Waals surface area contributed by atoms with E-state index in [2.05, 4.69) is 62.7 Å². The average Bonchev–Trinajstić information content (AvgIpc) is 0.865. The molecule has 0 saturated carbocycles. The molecule has 4 N–H and O–H groups in total. The number of hydrogen-bond donors (Lipinski definition) is 4. The number of aliphatic carboxylic acids is 1. The number of aromatic nitrogens is 3. The highest BCUT2D eigenvalue weighted by Crippen LogP contribution is 2.43. The smallest absolute Gasteiger partial charge is 0.304 e. The van der Waals surface area contributed by atoms with E-state index in [0.29, 0.717) is 124 Å². The van der Waals surface area contributed by atoms with Crippen molar-refractivity contribution in [2.45, 2.75) is 76.2 Å². The fraction of sp³-hybridized carbons (Fsp3) is 0.432. The largest absolute Gasteiger partial charge is 0.481 e. The van der Waals surface area contributed by atoms with Crippen molar-refractivity contribution < 1.29 is 62.2 Å². The summed E-state index contributed by atoms with van der Waals surface area (Å²) in [7, 11) is 0. The van der Waals surface area contributed by atoms with E-state index in [9.17, 15) is 24.3 Å². The fourth-order valence-electron chi connectivity index (χ4n) is 10.5. The molecule has 94 heavy (non-hydrogen) atoms. The van der Waals surface area contributed by atoms with Crippen LogP contribution in [0.15, 0.2) is 188 Å². The first-order valence-corrected chi connectivity index (χ1v) is 32.7. The Balaban J connectivity index is 0.000000554. The summed E-state index contributed by atoms with van der Waals surface area (Å²) in [5.41, 5.74) is 5.49. The number of amides is 3. The third-order valence-electron chi connectivity index (χ3n) is 15.1. The SMILES string of the molecule is C.O=C(CCc1cn(CCOCCOCCOCCNC(=O)CC(c2ccccc2)(c2ccccc2)c2ccccc2)nn1)NCCOCCOCCOCC(=O)NCCOCCOCCCCCCCl.O=C(O)CC(c1ccccc1)(c1ccccc1)c1ccccc1. The highest BCUT2D eigenvalue weighted by molar-refractivity contribution is 6.17. The second-order valence-electron chi connectivity index (χ2n) is 21.7. The van der Waals surface area contributed by atoms with Gasteiger partial charge in [-0.2, -0.15) is 0 Å². The Morgan fingerprint density at radius 1 is 0.404 bits per heavy atom. The van der Waals surface area contributed by atoms with E-state index in [1.165, 1.54) is 0 Å². The van der Waals surface area contributed by atoms with Crippen molar-refractivity contribution in [3.05, 3.63) is 227 Å². The quantitative estimate of drug-likeness (QED) is 0.0158. The van der Waals surface area contributed by atoms with Gasteiger partial charge in [0.2, 0.25) is 17.7 Å². The Bertz CT molecular complexity index is 2890. The molecule has 19 nitrogen and oxygen atoms in total. The average molecular weight is 1310 g/mol. The lowest BCUT2D eigenvalue weighted by molar-refractivity contribution is -0.138. The number of carbonyl (C=O) groups excluding carboxylic acids is 3. The van der Waals surface area contributed by atoms with Gasteiger partial charge in [0.25, 0.3) is 0 Å². The Kier molecular flexibility index (Phi) is 38.7. The number of ether oxygens (including phenoxy) is 8. The number of nitrogens with one attached hydrogen (secondary N) is 3. The summed E-state index contributed by atoms with van der Waals surface area (Å²) in [6.07, 6.45) is 7.15. The molecule has 7 aromatic rings. The maximum Gasteiger partial charge on any atom is 0.304 e. The molecule has 0 radical (unpaired) electrons. The molecule has 1 aromatic heterocycles. The molecule has 3 amide bonds. The van der Waals surface area contributed by atoms with E-state index in [1.807, 2.05) is 152 Å². The molecule has 508 valence electrons. The monoisotopic (exact) mass is 1310 g/mol. The first kappa shape index (κ1) is 77.0. The normalized spacial score (nSPS) is 11.2. The summed E-state index contributed by atoms with van der Waals surface area (Å²) < 4.78 is 46.0. The van der Waals surface area contributed by atoms with Crippen molar-refractivity contribution in [2.24, 2.45) is 0 Å². The van der Waals surface area contributed by atoms with E-state index in [1.54, 1.807) is 4.68 Å². The third kappa shape index (κ3) is 28.5. The van der Waals surface area contributed by atoms with E-state index >= 15 is 0 Å². The predicted molar refractivity (Wildman–Crippen MR) is 365 cm³/mol. The minimum absolute atomic E-state index is 0. The van der Waals surface area contributed by atoms with Crippen LogP contribution in [-0.2, 0) is 80.9 Å². The molecule has 20 heteroatoms. The maximum atomic E-state index is 13.5. The summed E-state index contributed by atoms with van der Waals surface area (Å²) in [6, 6.07) is 60.2. The van der Waals surface area contributed by atoms with Gasteiger partial charge < -0.3 is 59.0 Å². The van der Waals surface area contributed by atoms with Gasteiger partial charge in [-0.1, -0.05) is 207 Å². The molecule has 0 spiro atoms. The van der Waals surface area contributed by atoms with Crippen LogP contribution < -0.4 is 16.0 Å². The van der Waals surface area contributed by atoms with Crippen LogP contribution in [0.1, 0.15) is 91.4 Å². The van der Waals surface area contributed by atoms with Crippen molar-refractivity contribution in [1.29, 1.82) is 0 Å². The van der Waals surface area contributed by atoms with Crippen molar-refractivity contribution in [1.82, 2.24) is 30.9 Å². The molecule has 0 aliphatic heterocycles. The number of aryl methyl sites for hydroxylation is 1. The van der Waals surface area contributed by atoms with Gasteiger partial charge in [-0.15, -0.1) is 16.7 Å². The number of hydrogen-bond acceptors (Lipinski definition) is 14. The zero-order valence-electron chi connectivity index (χ0n) is 53.5. The number of rotatable bonds is 48. The molecule has 0 bridgehead atoms.